The van der Waals surface area contributed by atoms with Gasteiger partial charge < -0.3 is 5.32 Å². The number of nitrogens with zero attached hydrogens (tertiary/aromatic N) is 2. The number of hydrogen-bond donors (Lipinski definition) is 2. The van der Waals surface area contributed by atoms with E-state index in [9.17, 15) is 8.78 Å². The van der Waals surface area contributed by atoms with Crippen molar-refractivity contribution in [3.05, 3.63) is 0 Å². The molecule has 0 amide bonds. The molecular weight excluding hydrogens is 226 g/mol. The zero-order valence-electron chi connectivity index (χ0n) is 10.9. The maximum Gasteiger partial charge on any atom is 0.327 e. The highest BCUT2D eigenvalue weighted by molar-refractivity contribution is 5.87. The molecule has 0 radical (unpaired) electrons. The van der Waals surface area contributed by atoms with Crippen molar-refractivity contribution in [1.82, 2.24) is 15.6 Å². The highest BCUT2D eigenvalue weighted by atomic mass is 19.3. The number of nitrogens with one attached hydrogen (secondary N) is 2. The van der Waals surface area contributed by atoms with Gasteiger partial charge >= 0.3 is 6.55 Å². The van der Waals surface area contributed by atoms with Crippen molar-refractivity contribution in [3.63, 3.8) is 0 Å². The summed E-state index contributed by atoms with van der Waals surface area (Å²) in [5.74, 6) is 0.357. The van der Waals surface area contributed by atoms with Crippen LogP contribution in [0.4, 0.5) is 8.78 Å². The molecule has 0 spiro atoms. The van der Waals surface area contributed by atoms with Crippen LogP contribution in [0.1, 0.15) is 20.8 Å². The molecule has 0 aliphatic carbocycles. The van der Waals surface area contributed by atoms with Crippen molar-refractivity contribution >= 4 is 5.71 Å². The predicted molar refractivity (Wildman–Crippen MR) is 65.3 cm³/mol. The van der Waals surface area contributed by atoms with Crippen molar-refractivity contribution in [2.75, 3.05) is 20.1 Å². The molecule has 1 aliphatic rings. The van der Waals surface area contributed by atoms with Crippen molar-refractivity contribution in [1.29, 1.82) is 0 Å². The lowest BCUT2D eigenvalue weighted by Gasteiger charge is -2.45. The molecule has 2 N–H and O–H groups in total. The van der Waals surface area contributed by atoms with E-state index < -0.39 is 6.55 Å². The first kappa shape index (κ1) is 14.3. The third-order valence-corrected chi connectivity index (χ3v) is 3.11. The first-order valence-corrected chi connectivity index (χ1v) is 5.94. The van der Waals surface area contributed by atoms with Gasteiger partial charge in [0, 0.05) is 19.1 Å². The van der Waals surface area contributed by atoms with E-state index in [1.807, 2.05) is 12.5 Å². The van der Waals surface area contributed by atoms with E-state index in [0.29, 0.717) is 12.0 Å². The number of halogens is 2. The second-order valence-electron chi connectivity index (χ2n) is 4.81. The SMILES string of the molecule is CNC1CN(C(C(C)=NNC(F)F)C(C)C)C1. The molecule has 0 aromatic heterocycles. The van der Waals surface area contributed by atoms with Gasteiger partial charge in [0.05, 0.1) is 11.8 Å². The second kappa shape index (κ2) is 6.26. The van der Waals surface area contributed by atoms with Gasteiger partial charge in [-0.15, -0.1) is 0 Å². The van der Waals surface area contributed by atoms with Gasteiger partial charge in [0.1, 0.15) is 0 Å². The number of alkyl halides is 2. The molecule has 100 valence electrons. The molecule has 1 saturated heterocycles. The maximum absolute atomic E-state index is 12.0. The summed E-state index contributed by atoms with van der Waals surface area (Å²) in [6.07, 6.45) is 0. The number of likely N-dealkylation sites (tertiary alicyclic amines) is 1. The summed E-state index contributed by atoms with van der Waals surface area (Å²) in [4.78, 5) is 2.26. The van der Waals surface area contributed by atoms with E-state index in [-0.39, 0.29) is 6.04 Å². The maximum atomic E-state index is 12.0. The normalized spacial score (nSPS) is 20.8. The van der Waals surface area contributed by atoms with Crippen molar-refractivity contribution < 1.29 is 8.78 Å². The molecular formula is C11H22F2N4. The summed E-state index contributed by atoms with van der Waals surface area (Å²) < 4.78 is 24.1. The van der Waals surface area contributed by atoms with E-state index in [1.54, 1.807) is 6.92 Å². The van der Waals surface area contributed by atoms with Crippen LogP contribution < -0.4 is 10.7 Å². The Labute approximate surface area is 101 Å². The Morgan fingerprint density at radius 3 is 2.35 bits per heavy atom. The molecule has 0 saturated carbocycles. The molecule has 0 aromatic rings. The zero-order valence-corrected chi connectivity index (χ0v) is 10.9. The summed E-state index contributed by atoms with van der Waals surface area (Å²) in [6.45, 7) is 5.26. The monoisotopic (exact) mass is 248 g/mol. The standard InChI is InChI=1S/C11H22F2N4/c1-7(2)10(8(3)15-16-11(12)13)17-5-9(6-17)14-4/h7,9-11,14,16H,5-6H2,1-4H3. The average molecular weight is 248 g/mol. The molecule has 1 unspecified atom stereocenters. The minimum atomic E-state index is -2.60. The molecule has 17 heavy (non-hydrogen) atoms. The molecule has 0 bridgehead atoms. The first-order valence-electron chi connectivity index (χ1n) is 5.94. The van der Waals surface area contributed by atoms with Gasteiger partial charge in [-0.2, -0.15) is 13.9 Å². The third-order valence-electron chi connectivity index (χ3n) is 3.11. The summed E-state index contributed by atoms with van der Waals surface area (Å²) in [5, 5.41) is 6.95. The van der Waals surface area contributed by atoms with Crippen LogP contribution in [-0.2, 0) is 0 Å². The van der Waals surface area contributed by atoms with Crippen LogP contribution in [0.15, 0.2) is 5.10 Å². The predicted octanol–water partition coefficient (Wildman–Crippen LogP) is 1.10. The van der Waals surface area contributed by atoms with E-state index in [4.69, 9.17) is 0 Å². The number of rotatable bonds is 6. The lowest BCUT2D eigenvalue weighted by atomic mass is 9.93. The largest absolute Gasteiger partial charge is 0.327 e. The molecule has 1 aliphatic heterocycles. The highest BCUT2D eigenvalue weighted by Crippen LogP contribution is 2.19. The van der Waals surface area contributed by atoms with Gasteiger partial charge in [0.2, 0.25) is 0 Å². The molecule has 1 atom stereocenters. The third kappa shape index (κ3) is 3.89. The van der Waals surface area contributed by atoms with Gasteiger partial charge in [0.25, 0.3) is 0 Å². The Hall–Kier alpha value is -0.750. The fourth-order valence-electron chi connectivity index (χ4n) is 2.31. The van der Waals surface area contributed by atoms with Crippen LogP contribution in [0, 0.1) is 5.92 Å². The van der Waals surface area contributed by atoms with Gasteiger partial charge in [-0.25, -0.2) is 0 Å². The summed E-state index contributed by atoms with van der Waals surface area (Å²) >= 11 is 0. The zero-order chi connectivity index (χ0) is 13.0. The van der Waals surface area contributed by atoms with E-state index in [0.717, 1.165) is 18.8 Å². The summed E-state index contributed by atoms with van der Waals surface area (Å²) in [5.41, 5.74) is 2.54. The quantitative estimate of drug-likeness (QED) is 0.420. The Kier molecular flexibility index (Phi) is 5.27. The minimum absolute atomic E-state index is 0.130. The Balaban J connectivity index is 2.57. The number of likely N-dealkylation sites (N-methyl/N-ethyl adjacent to an activating group) is 1. The van der Waals surface area contributed by atoms with Crippen LogP contribution in [0.25, 0.3) is 0 Å². The van der Waals surface area contributed by atoms with Crippen molar-refractivity contribution in [2.45, 2.75) is 39.4 Å². The lowest BCUT2D eigenvalue weighted by molar-refractivity contribution is 0.0857. The molecule has 1 rings (SSSR count). The minimum Gasteiger partial charge on any atom is -0.315 e. The van der Waals surface area contributed by atoms with E-state index in [1.165, 1.54) is 0 Å². The topological polar surface area (TPSA) is 39.7 Å². The van der Waals surface area contributed by atoms with Gasteiger partial charge in [0.15, 0.2) is 0 Å². The second-order valence-corrected chi connectivity index (χ2v) is 4.81. The Morgan fingerprint density at radius 1 is 1.35 bits per heavy atom. The van der Waals surface area contributed by atoms with Crippen LogP contribution in [0.5, 0.6) is 0 Å². The number of hydrogen-bond acceptors (Lipinski definition) is 4. The van der Waals surface area contributed by atoms with Gasteiger partial charge in [-0.05, 0) is 19.9 Å². The average Bonchev–Trinajstić information content (AvgIpc) is 2.18. The molecule has 4 nitrogen and oxygen atoms in total. The lowest BCUT2D eigenvalue weighted by Crippen LogP contribution is -2.63. The number of hydrazone groups is 1. The van der Waals surface area contributed by atoms with Crippen LogP contribution in [-0.4, -0.2) is 49.4 Å². The molecule has 1 heterocycles. The van der Waals surface area contributed by atoms with Crippen LogP contribution >= 0.6 is 0 Å². The fraction of sp³-hybridized carbons (Fsp3) is 0.909. The Morgan fingerprint density at radius 2 is 1.94 bits per heavy atom. The van der Waals surface area contributed by atoms with Crippen molar-refractivity contribution in [3.8, 4) is 0 Å². The van der Waals surface area contributed by atoms with Crippen LogP contribution in [0.3, 0.4) is 0 Å². The Bertz CT molecular complexity index is 262. The fourth-order valence-corrected chi connectivity index (χ4v) is 2.31. The van der Waals surface area contributed by atoms with Crippen LogP contribution in [0.2, 0.25) is 0 Å². The first-order chi connectivity index (χ1) is 7.95. The van der Waals surface area contributed by atoms with E-state index >= 15 is 0 Å². The molecule has 1 fully saturated rings. The molecule has 6 heteroatoms. The molecule has 0 aromatic carbocycles. The highest BCUT2D eigenvalue weighted by Gasteiger charge is 2.34. The summed E-state index contributed by atoms with van der Waals surface area (Å²) in [6, 6.07) is 0.637. The van der Waals surface area contributed by atoms with Gasteiger partial charge in [-0.1, -0.05) is 13.8 Å². The van der Waals surface area contributed by atoms with Crippen molar-refractivity contribution in [2.24, 2.45) is 11.0 Å². The van der Waals surface area contributed by atoms with Gasteiger partial charge in [-0.3, -0.25) is 10.3 Å². The summed E-state index contributed by atoms with van der Waals surface area (Å²) in [7, 11) is 1.94. The van der Waals surface area contributed by atoms with E-state index in [2.05, 4.69) is 29.2 Å². The smallest absolute Gasteiger partial charge is 0.315 e.